The van der Waals surface area contributed by atoms with Gasteiger partial charge in [0.1, 0.15) is 0 Å². The minimum absolute atomic E-state index is 0.0404. The van der Waals surface area contributed by atoms with Crippen molar-refractivity contribution in [1.82, 2.24) is 10.6 Å². The second-order valence-corrected chi connectivity index (χ2v) is 5.28. The Morgan fingerprint density at radius 1 is 1.35 bits per heavy atom. The van der Waals surface area contributed by atoms with Crippen LogP contribution in [0.1, 0.15) is 27.2 Å². The molecule has 1 aliphatic carbocycles. The van der Waals surface area contributed by atoms with Crippen LogP contribution in [0.15, 0.2) is 35.6 Å². The molecule has 1 rings (SSSR count). The maximum absolute atomic E-state index is 11.7. The average molecular weight is 277 g/mol. The van der Waals surface area contributed by atoms with E-state index in [-0.39, 0.29) is 24.3 Å². The van der Waals surface area contributed by atoms with Gasteiger partial charge in [-0.3, -0.25) is 9.59 Å². The first kappa shape index (κ1) is 16.2. The van der Waals surface area contributed by atoms with Crippen molar-refractivity contribution in [1.29, 1.82) is 0 Å². The zero-order valence-corrected chi connectivity index (χ0v) is 12.3. The van der Waals surface area contributed by atoms with Crippen molar-refractivity contribution in [3.05, 3.63) is 35.6 Å². The highest BCUT2D eigenvalue weighted by atomic mass is 16.2. The molecule has 5 nitrogen and oxygen atoms in total. The lowest BCUT2D eigenvalue weighted by atomic mass is 10.1. The molecule has 110 valence electrons. The zero-order chi connectivity index (χ0) is 15.1. The van der Waals surface area contributed by atoms with Crippen molar-refractivity contribution >= 4 is 11.8 Å². The number of hydrogen-bond donors (Lipinski definition) is 3. The molecule has 0 heterocycles. The van der Waals surface area contributed by atoms with E-state index in [2.05, 4.69) is 10.6 Å². The lowest BCUT2D eigenvalue weighted by Crippen LogP contribution is -2.47. The molecule has 1 unspecified atom stereocenters. The molecule has 0 fully saturated rings. The van der Waals surface area contributed by atoms with Gasteiger partial charge in [0.05, 0.1) is 12.6 Å². The quantitative estimate of drug-likeness (QED) is 0.700. The Balaban J connectivity index is 2.43. The van der Waals surface area contributed by atoms with Crippen LogP contribution in [0.5, 0.6) is 0 Å². The Kier molecular flexibility index (Phi) is 6.18. The van der Waals surface area contributed by atoms with Gasteiger partial charge in [0.2, 0.25) is 11.8 Å². The third kappa shape index (κ3) is 5.40. The molecule has 0 aromatic carbocycles. The molecule has 1 atom stereocenters. The summed E-state index contributed by atoms with van der Waals surface area (Å²) in [6.07, 6.45) is 8.52. The maximum atomic E-state index is 11.7. The number of allylic oxidation sites excluding steroid dienone is 5. The van der Waals surface area contributed by atoms with Gasteiger partial charge < -0.3 is 16.4 Å². The van der Waals surface area contributed by atoms with Crippen molar-refractivity contribution in [3.63, 3.8) is 0 Å². The minimum Gasteiger partial charge on any atom is -0.346 e. The van der Waals surface area contributed by atoms with Gasteiger partial charge in [-0.05, 0) is 31.4 Å². The van der Waals surface area contributed by atoms with Gasteiger partial charge in [-0.15, -0.1) is 0 Å². The zero-order valence-electron chi connectivity index (χ0n) is 12.3. The normalized spacial score (nSPS) is 16.1. The van der Waals surface area contributed by atoms with E-state index in [1.165, 1.54) is 5.57 Å². The SMILES string of the molecule is CC1=CC=C(NC(=O)CNC(=O)C(N)C(C)C)C=CC1. The van der Waals surface area contributed by atoms with Crippen LogP contribution in [-0.2, 0) is 9.59 Å². The fraction of sp³-hybridized carbons (Fsp3) is 0.467. The van der Waals surface area contributed by atoms with Gasteiger partial charge in [-0.1, -0.05) is 31.6 Å². The summed E-state index contributed by atoms with van der Waals surface area (Å²) in [5.41, 5.74) is 7.63. The van der Waals surface area contributed by atoms with Gasteiger partial charge >= 0.3 is 0 Å². The second kappa shape index (κ2) is 7.65. The van der Waals surface area contributed by atoms with Gasteiger partial charge in [-0.2, -0.15) is 0 Å². The van der Waals surface area contributed by atoms with Gasteiger partial charge in [-0.25, -0.2) is 0 Å². The lowest BCUT2D eigenvalue weighted by Gasteiger charge is -2.15. The van der Waals surface area contributed by atoms with Crippen molar-refractivity contribution in [2.24, 2.45) is 11.7 Å². The van der Waals surface area contributed by atoms with Crippen molar-refractivity contribution < 1.29 is 9.59 Å². The molecule has 0 radical (unpaired) electrons. The van der Waals surface area contributed by atoms with Crippen LogP contribution in [0.2, 0.25) is 0 Å². The maximum Gasteiger partial charge on any atom is 0.243 e. The summed E-state index contributed by atoms with van der Waals surface area (Å²) in [4.78, 5) is 23.4. The first-order valence-corrected chi connectivity index (χ1v) is 6.77. The van der Waals surface area contributed by atoms with Crippen LogP contribution in [0.4, 0.5) is 0 Å². The number of rotatable bonds is 5. The average Bonchev–Trinajstić information content (AvgIpc) is 2.60. The van der Waals surface area contributed by atoms with Crippen molar-refractivity contribution in [3.8, 4) is 0 Å². The van der Waals surface area contributed by atoms with E-state index in [0.717, 1.165) is 6.42 Å². The molecule has 0 aromatic heterocycles. The molecule has 5 heteroatoms. The molecule has 2 amide bonds. The highest BCUT2D eigenvalue weighted by Crippen LogP contribution is 2.08. The molecule has 0 bridgehead atoms. The summed E-state index contributed by atoms with van der Waals surface area (Å²) >= 11 is 0. The van der Waals surface area contributed by atoms with Crippen LogP contribution in [0.3, 0.4) is 0 Å². The number of nitrogens with two attached hydrogens (primary N) is 1. The monoisotopic (exact) mass is 277 g/mol. The van der Waals surface area contributed by atoms with Crippen LogP contribution in [-0.4, -0.2) is 24.4 Å². The highest BCUT2D eigenvalue weighted by Gasteiger charge is 2.17. The van der Waals surface area contributed by atoms with E-state index in [4.69, 9.17) is 5.73 Å². The number of nitrogens with one attached hydrogen (secondary N) is 2. The number of hydrogen-bond acceptors (Lipinski definition) is 3. The first-order valence-electron chi connectivity index (χ1n) is 6.77. The summed E-state index contributed by atoms with van der Waals surface area (Å²) < 4.78 is 0. The number of carbonyl (C=O) groups is 2. The summed E-state index contributed by atoms with van der Waals surface area (Å²) in [5.74, 6) is -0.534. The molecule has 0 spiro atoms. The Morgan fingerprint density at radius 3 is 2.70 bits per heavy atom. The molecule has 20 heavy (non-hydrogen) atoms. The Morgan fingerprint density at radius 2 is 2.05 bits per heavy atom. The molecule has 0 saturated heterocycles. The van der Waals surface area contributed by atoms with Gasteiger partial charge in [0, 0.05) is 5.70 Å². The van der Waals surface area contributed by atoms with Crippen LogP contribution >= 0.6 is 0 Å². The van der Waals surface area contributed by atoms with Crippen molar-refractivity contribution in [2.75, 3.05) is 6.54 Å². The summed E-state index contributed by atoms with van der Waals surface area (Å²) in [6, 6.07) is -0.592. The fourth-order valence-corrected chi connectivity index (χ4v) is 1.60. The number of amides is 2. The van der Waals surface area contributed by atoms with Gasteiger partial charge in [0.15, 0.2) is 0 Å². The Hall–Kier alpha value is -1.88. The molecule has 0 aromatic rings. The van der Waals surface area contributed by atoms with E-state index in [1.54, 1.807) is 0 Å². The van der Waals surface area contributed by atoms with E-state index in [0.29, 0.717) is 5.70 Å². The minimum atomic E-state index is -0.592. The van der Waals surface area contributed by atoms with Crippen LogP contribution in [0.25, 0.3) is 0 Å². The summed E-state index contributed by atoms with van der Waals surface area (Å²) in [5, 5.41) is 5.27. The fourth-order valence-electron chi connectivity index (χ4n) is 1.60. The van der Waals surface area contributed by atoms with E-state index >= 15 is 0 Å². The Labute approximate surface area is 120 Å². The van der Waals surface area contributed by atoms with E-state index < -0.39 is 6.04 Å². The van der Waals surface area contributed by atoms with E-state index in [9.17, 15) is 9.59 Å². The van der Waals surface area contributed by atoms with E-state index in [1.807, 2.05) is 45.1 Å². The molecular weight excluding hydrogens is 254 g/mol. The first-order chi connectivity index (χ1) is 9.40. The Bertz CT molecular complexity index is 462. The third-order valence-electron chi connectivity index (χ3n) is 3.01. The molecule has 1 aliphatic rings. The predicted octanol–water partition coefficient (Wildman–Crippen LogP) is 0.992. The standard InChI is InChI=1S/C15H23N3O2/c1-10(2)14(16)15(20)17-9-13(19)18-12-6-4-5-11(3)7-8-12/h4,6-8,10,14H,5,9,16H2,1-3H3,(H,17,20)(H,18,19). The van der Waals surface area contributed by atoms with Gasteiger partial charge in [0.25, 0.3) is 0 Å². The molecule has 0 aliphatic heterocycles. The smallest absolute Gasteiger partial charge is 0.243 e. The molecular formula is C15H23N3O2. The van der Waals surface area contributed by atoms with Crippen LogP contribution in [0, 0.1) is 5.92 Å². The molecule has 4 N–H and O–H groups in total. The summed E-state index contributed by atoms with van der Waals surface area (Å²) in [7, 11) is 0. The highest BCUT2D eigenvalue weighted by molar-refractivity contribution is 5.88. The summed E-state index contributed by atoms with van der Waals surface area (Å²) in [6.45, 7) is 5.67. The predicted molar refractivity (Wildman–Crippen MR) is 79.6 cm³/mol. The molecule has 0 saturated carbocycles. The van der Waals surface area contributed by atoms with Crippen molar-refractivity contribution in [2.45, 2.75) is 33.2 Å². The van der Waals surface area contributed by atoms with Crippen LogP contribution < -0.4 is 16.4 Å². The second-order valence-electron chi connectivity index (χ2n) is 5.28. The lowest BCUT2D eigenvalue weighted by molar-refractivity contribution is -0.127. The topological polar surface area (TPSA) is 84.2 Å². The third-order valence-corrected chi connectivity index (χ3v) is 3.01. The largest absolute Gasteiger partial charge is 0.346 e. The number of carbonyl (C=O) groups excluding carboxylic acids is 2.